The van der Waals surface area contributed by atoms with E-state index >= 15 is 0 Å². The second kappa shape index (κ2) is 5.35. The Bertz CT molecular complexity index is 312. The standard InChI is InChI=1S/C14H22N2/c1-3-4-13-10-16(11-13)14-7-5-12(6-8-14)9-15-2/h5-8,13,15H,3-4,9-11H2,1-2H3. The van der Waals surface area contributed by atoms with E-state index in [1.165, 1.54) is 37.2 Å². The van der Waals surface area contributed by atoms with Gasteiger partial charge in [-0.05, 0) is 37.1 Å². The van der Waals surface area contributed by atoms with Gasteiger partial charge >= 0.3 is 0 Å². The van der Waals surface area contributed by atoms with Gasteiger partial charge in [0.2, 0.25) is 0 Å². The molecule has 0 bridgehead atoms. The second-order valence-electron chi connectivity index (χ2n) is 4.76. The first kappa shape index (κ1) is 11.5. The van der Waals surface area contributed by atoms with Gasteiger partial charge in [-0.15, -0.1) is 0 Å². The van der Waals surface area contributed by atoms with E-state index in [1.54, 1.807) is 0 Å². The number of hydrogen-bond acceptors (Lipinski definition) is 2. The minimum absolute atomic E-state index is 0.932. The third kappa shape index (κ3) is 2.56. The van der Waals surface area contributed by atoms with Gasteiger partial charge in [-0.25, -0.2) is 0 Å². The van der Waals surface area contributed by atoms with Crippen LogP contribution in [0.5, 0.6) is 0 Å². The predicted octanol–water partition coefficient (Wildman–Crippen LogP) is 2.64. The molecular weight excluding hydrogens is 196 g/mol. The van der Waals surface area contributed by atoms with Crippen LogP contribution in [0.1, 0.15) is 25.3 Å². The van der Waals surface area contributed by atoms with E-state index in [1.807, 2.05) is 7.05 Å². The van der Waals surface area contributed by atoms with Gasteiger partial charge in [0.25, 0.3) is 0 Å². The van der Waals surface area contributed by atoms with Crippen molar-refractivity contribution >= 4 is 5.69 Å². The molecular formula is C14H22N2. The van der Waals surface area contributed by atoms with Crippen LogP contribution < -0.4 is 10.2 Å². The van der Waals surface area contributed by atoms with Crippen molar-refractivity contribution < 1.29 is 0 Å². The molecule has 0 aromatic heterocycles. The van der Waals surface area contributed by atoms with Crippen LogP contribution in [0.4, 0.5) is 5.69 Å². The maximum Gasteiger partial charge on any atom is 0.0366 e. The molecule has 1 saturated heterocycles. The van der Waals surface area contributed by atoms with Crippen molar-refractivity contribution in [3.05, 3.63) is 29.8 Å². The van der Waals surface area contributed by atoms with E-state index in [9.17, 15) is 0 Å². The first-order valence-corrected chi connectivity index (χ1v) is 6.32. The van der Waals surface area contributed by atoms with Crippen LogP contribution in [0, 0.1) is 5.92 Å². The Morgan fingerprint density at radius 2 is 1.94 bits per heavy atom. The van der Waals surface area contributed by atoms with Crippen molar-refractivity contribution in [1.82, 2.24) is 5.32 Å². The first-order valence-electron chi connectivity index (χ1n) is 6.32. The zero-order chi connectivity index (χ0) is 11.4. The van der Waals surface area contributed by atoms with Crippen molar-refractivity contribution in [2.45, 2.75) is 26.3 Å². The minimum atomic E-state index is 0.932. The molecule has 2 nitrogen and oxygen atoms in total. The molecule has 0 saturated carbocycles. The fourth-order valence-corrected chi connectivity index (χ4v) is 2.40. The lowest BCUT2D eigenvalue weighted by molar-refractivity contribution is 0.380. The molecule has 1 aliphatic rings. The van der Waals surface area contributed by atoms with Crippen molar-refractivity contribution in [3.63, 3.8) is 0 Å². The molecule has 1 N–H and O–H groups in total. The molecule has 16 heavy (non-hydrogen) atoms. The Labute approximate surface area is 98.7 Å². The number of benzene rings is 1. The largest absolute Gasteiger partial charge is 0.371 e. The van der Waals surface area contributed by atoms with Gasteiger partial charge in [0.15, 0.2) is 0 Å². The molecule has 1 heterocycles. The molecule has 1 aromatic rings. The fourth-order valence-electron chi connectivity index (χ4n) is 2.40. The lowest BCUT2D eigenvalue weighted by atomic mass is 9.94. The van der Waals surface area contributed by atoms with Crippen LogP contribution in [0.25, 0.3) is 0 Å². The van der Waals surface area contributed by atoms with Crippen LogP contribution in [0.2, 0.25) is 0 Å². The summed E-state index contributed by atoms with van der Waals surface area (Å²) in [6.45, 7) is 5.73. The zero-order valence-electron chi connectivity index (χ0n) is 10.4. The highest BCUT2D eigenvalue weighted by Crippen LogP contribution is 2.27. The van der Waals surface area contributed by atoms with Crippen LogP contribution in [0.15, 0.2) is 24.3 Å². The Hall–Kier alpha value is -1.02. The van der Waals surface area contributed by atoms with Gasteiger partial charge in [0.1, 0.15) is 0 Å². The predicted molar refractivity (Wildman–Crippen MR) is 69.8 cm³/mol. The van der Waals surface area contributed by atoms with Crippen LogP contribution >= 0.6 is 0 Å². The molecule has 2 heteroatoms. The highest BCUT2D eigenvalue weighted by atomic mass is 15.2. The third-order valence-electron chi connectivity index (χ3n) is 3.34. The van der Waals surface area contributed by atoms with Crippen molar-refractivity contribution in [1.29, 1.82) is 0 Å². The molecule has 1 aliphatic heterocycles. The topological polar surface area (TPSA) is 15.3 Å². The molecule has 0 radical (unpaired) electrons. The van der Waals surface area contributed by atoms with Gasteiger partial charge in [0, 0.05) is 25.3 Å². The van der Waals surface area contributed by atoms with Crippen molar-refractivity contribution in [2.24, 2.45) is 5.92 Å². The summed E-state index contributed by atoms with van der Waals surface area (Å²) in [6, 6.07) is 8.93. The third-order valence-corrected chi connectivity index (χ3v) is 3.34. The van der Waals surface area contributed by atoms with Crippen LogP contribution in [-0.4, -0.2) is 20.1 Å². The maximum atomic E-state index is 3.17. The lowest BCUT2D eigenvalue weighted by Gasteiger charge is -2.41. The average Bonchev–Trinajstić information content (AvgIpc) is 2.25. The van der Waals surface area contributed by atoms with E-state index in [0.29, 0.717) is 0 Å². The van der Waals surface area contributed by atoms with Crippen molar-refractivity contribution in [2.75, 3.05) is 25.0 Å². The summed E-state index contributed by atoms with van der Waals surface area (Å²) in [7, 11) is 1.98. The fraction of sp³-hybridized carbons (Fsp3) is 0.571. The smallest absolute Gasteiger partial charge is 0.0366 e. The quantitative estimate of drug-likeness (QED) is 0.817. The highest BCUT2D eigenvalue weighted by molar-refractivity contribution is 5.49. The number of hydrogen-bond donors (Lipinski definition) is 1. The normalized spacial score (nSPS) is 16.2. The summed E-state index contributed by atoms with van der Waals surface area (Å²) >= 11 is 0. The Morgan fingerprint density at radius 3 is 2.50 bits per heavy atom. The van der Waals surface area contributed by atoms with Gasteiger partial charge in [-0.2, -0.15) is 0 Å². The first-order chi connectivity index (χ1) is 7.83. The molecule has 1 fully saturated rings. The SMILES string of the molecule is CCCC1CN(c2ccc(CNC)cc2)C1. The van der Waals surface area contributed by atoms with Crippen LogP contribution in [-0.2, 0) is 6.54 Å². The van der Waals surface area contributed by atoms with Crippen LogP contribution in [0.3, 0.4) is 0 Å². The van der Waals surface area contributed by atoms with E-state index in [-0.39, 0.29) is 0 Å². The van der Waals surface area contributed by atoms with E-state index in [0.717, 1.165) is 12.5 Å². The molecule has 0 atom stereocenters. The van der Waals surface area contributed by atoms with Gasteiger partial charge in [-0.3, -0.25) is 0 Å². The number of nitrogens with zero attached hydrogens (tertiary/aromatic N) is 1. The monoisotopic (exact) mass is 218 g/mol. The van der Waals surface area contributed by atoms with E-state index in [4.69, 9.17) is 0 Å². The summed E-state index contributed by atoms with van der Waals surface area (Å²) in [5.41, 5.74) is 2.74. The molecule has 2 rings (SSSR count). The average molecular weight is 218 g/mol. The zero-order valence-corrected chi connectivity index (χ0v) is 10.4. The van der Waals surface area contributed by atoms with E-state index < -0.39 is 0 Å². The van der Waals surface area contributed by atoms with Gasteiger partial charge < -0.3 is 10.2 Å². The Balaban J connectivity index is 1.87. The minimum Gasteiger partial charge on any atom is -0.371 e. The second-order valence-corrected chi connectivity index (χ2v) is 4.76. The molecule has 0 aliphatic carbocycles. The van der Waals surface area contributed by atoms with Gasteiger partial charge in [-0.1, -0.05) is 25.5 Å². The number of nitrogens with one attached hydrogen (secondary N) is 1. The maximum absolute atomic E-state index is 3.17. The summed E-state index contributed by atoms with van der Waals surface area (Å²) in [5, 5.41) is 3.17. The molecule has 0 amide bonds. The number of rotatable bonds is 5. The molecule has 1 aromatic carbocycles. The molecule has 88 valence electrons. The summed E-state index contributed by atoms with van der Waals surface area (Å²) < 4.78 is 0. The summed E-state index contributed by atoms with van der Waals surface area (Å²) in [4.78, 5) is 2.48. The molecule has 0 unspecified atom stereocenters. The van der Waals surface area contributed by atoms with E-state index in [2.05, 4.69) is 41.4 Å². The molecule has 0 spiro atoms. The van der Waals surface area contributed by atoms with Crippen molar-refractivity contribution in [3.8, 4) is 0 Å². The number of anilines is 1. The Kier molecular flexibility index (Phi) is 3.83. The highest BCUT2D eigenvalue weighted by Gasteiger charge is 2.25. The van der Waals surface area contributed by atoms with Gasteiger partial charge in [0.05, 0.1) is 0 Å². The Morgan fingerprint density at radius 1 is 1.25 bits per heavy atom. The summed E-state index contributed by atoms with van der Waals surface area (Å²) in [5.74, 6) is 0.932. The summed E-state index contributed by atoms with van der Waals surface area (Å²) in [6.07, 6.45) is 2.70. The lowest BCUT2D eigenvalue weighted by Crippen LogP contribution is -2.46.